The quantitative estimate of drug-likeness (QED) is 0.890. The van der Waals surface area contributed by atoms with E-state index in [0.717, 1.165) is 6.07 Å². The summed E-state index contributed by atoms with van der Waals surface area (Å²) >= 11 is 0. The van der Waals surface area contributed by atoms with Gasteiger partial charge in [-0.2, -0.15) is 13.2 Å². The third-order valence-corrected chi connectivity index (χ3v) is 4.58. The van der Waals surface area contributed by atoms with Gasteiger partial charge in [-0.1, -0.05) is 12.1 Å². The number of hydrogen-bond acceptors (Lipinski definition) is 4. The molecule has 0 aromatic heterocycles. The fourth-order valence-electron chi connectivity index (χ4n) is 1.69. The zero-order valence-electron chi connectivity index (χ0n) is 9.74. The summed E-state index contributed by atoms with van der Waals surface area (Å²) in [6.45, 7) is -0.257. The van der Waals surface area contributed by atoms with Crippen LogP contribution in [0.25, 0.3) is 0 Å². The maximum atomic E-state index is 12.6. The molecule has 1 aromatic rings. The minimum atomic E-state index is -5.40. The molecule has 4 nitrogen and oxygen atoms in total. The number of alkyl halides is 3. The number of aliphatic hydroxyl groups excluding tert-OH is 1. The molecule has 1 aromatic carbocycles. The van der Waals surface area contributed by atoms with Gasteiger partial charge in [-0.05, 0) is 25.0 Å². The predicted octanol–water partition coefficient (Wildman–Crippen LogP) is 1.92. The van der Waals surface area contributed by atoms with Gasteiger partial charge in [-0.15, -0.1) is 0 Å². The molecule has 0 atom stereocenters. The van der Waals surface area contributed by atoms with Crippen molar-refractivity contribution in [3.8, 4) is 0 Å². The number of aliphatic hydroxyl groups is 1. The minimum Gasteiger partial charge on any atom is -0.394 e. The van der Waals surface area contributed by atoms with Crippen LogP contribution in [0.15, 0.2) is 29.2 Å². The number of nitrogens with one attached hydrogen (secondary N) is 1. The lowest BCUT2D eigenvalue weighted by atomic mass is 10.2. The molecule has 0 saturated heterocycles. The summed E-state index contributed by atoms with van der Waals surface area (Å²) in [6.07, 6.45) is 1.17. The van der Waals surface area contributed by atoms with Gasteiger partial charge >= 0.3 is 5.51 Å². The highest BCUT2D eigenvalue weighted by molar-refractivity contribution is 7.92. The Morgan fingerprint density at radius 2 is 1.84 bits per heavy atom. The third-order valence-electron chi connectivity index (χ3n) is 3.04. The largest absolute Gasteiger partial charge is 0.501 e. The average Bonchev–Trinajstić information content (AvgIpc) is 3.08. The zero-order valence-corrected chi connectivity index (χ0v) is 10.6. The Morgan fingerprint density at radius 1 is 1.26 bits per heavy atom. The molecule has 1 aliphatic carbocycles. The first-order chi connectivity index (χ1) is 8.72. The molecule has 0 unspecified atom stereocenters. The lowest BCUT2D eigenvalue weighted by Crippen LogP contribution is -2.29. The molecular formula is C11H12F3NO3S. The molecule has 0 bridgehead atoms. The van der Waals surface area contributed by atoms with Crippen molar-refractivity contribution in [3.63, 3.8) is 0 Å². The second-order valence-corrected chi connectivity index (χ2v) is 6.42. The molecule has 0 radical (unpaired) electrons. The van der Waals surface area contributed by atoms with E-state index in [9.17, 15) is 21.6 Å². The first-order valence-corrected chi connectivity index (χ1v) is 7.00. The maximum Gasteiger partial charge on any atom is 0.501 e. The van der Waals surface area contributed by atoms with E-state index in [1.807, 2.05) is 0 Å². The van der Waals surface area contributed by atoms with Crippen LogP contribution in [0.4, 0.5) is 18.9 Å². The Labute approximate surface area is 108 Å². The van der Waals surface area contributed by atoms with Crippen molar-refractivity contribution in [1.82, 2.24) is 0 Å². The zero-order chi connectivity index (χ0) is 14.3. The van der Waals surface area contributed by atoms with E-state index in [-0.39, 0.29) is 12.3 Å². The lowest BCUT2D eigenvalue weighted by Gasteiger charge is -2.19. The van der Waals surface area contributed by atoms with E-state index in [1.54, 1.807) is 0 Å². The molecule has 106 valence electrons. The fourth-order valence-corrected chi connectivity index (χ4v) is 2.60. The van der Waals surface area contributed by atoms with Crippen molar-refractivity contribution in [1.29, 1.82) is 0 Å². The normalized spacial score (nSPS) is 18.1. The van der Waals surface area contributed by atoms with Gasteiger partial charge in [-0.3, -0.25) is 0 Å². The second kappa shape index (κ2) is 4.38. The van der Waals surface area contributed by atoms with Gasteiger partial charge in [0, 0.05) is 0 Å². The first-order valence-electron chi connectivity index (χ1n) is 5.51. The van der Waals surface area contributed by atoms with E-state index in [1.165, 1.54) is 18.2 Å². The number of halogens is 3. The van der Waals surface area contributed by atoms with E-state index in [0.29, 0.717) is 12.8 Å². The standard InChI is InChI=1S/C11H12F3NO3S/c12-11(13,14)19(17,18)9-4-2-1-3-8(9)15-10(7-16)5-6-10/h1-4,15-16H,5-7H2. The van der Waals surface area contributed by atoms with Gasteiger partial charge in [0.1, 0.15) is 0 Å². The van der Waals surface area contributed by atoms with Crippen molar-refractivity contribution in [3.05, 3.63) is 24.3 Å². The Hall–Kier alpha value is -1.28. The third kappa shape index (κ3) is 2.55. The van der Waals surface area contributed by atoms with Crippen LogP contribution in [0.1, 0.15) is 12.8 Å². The fraction of sp³-hybridized carbons (Fsp3) is 0.455. The summed E-state index contributed by atoms with van der Waals surface area (Å²) in [7, 11) is -5.40. The van der Waals surface area contributed by atoms with Crippen molar-refractivity contribution >= 4 is 15.5 Å². The van der Waals surface area contributed by atoms with E-state index in [4.69, 9.17) is 5.11 Å². The Kier molecular flexibility index (Phi) is 3.26. The Bertz CT molecular complexity index is 579. The molecule has 8 heteroatoms. The number of para-hydroxylation sites is 1. The van der Waals surface area contributed by atoms with Gasteiger partial charge in [0.2, 0.25) is 0 Å². The molecule has 1 fully saturated rings. The van der Waals surface area contributed by atoms with E-state index in [2.05, 4.69) is 5.32 Å². The van der Waals surface area contributed by atoms with Gasteiger partial charge in [0.25, 0.3) is 9.84 Å². The van der Waals surface area contributed by atoms with Crippen LogP contribution in [-0.2, 0) is 9.84 Å². The number of rotatable bonds is 4. The molecule has 0 heterocycles. The predicted molar refractivity (Wildman–Crippen MR) is 62.4 cm³/mol. The molecule has 1 aliphatic rings. The van der Waals surface area contributed by atoms with E-state index >= 15 is 0 Å². The number of anilines is 1. The molecule has 0 spiro atoms. The summed E-state index contributed by atoms with van der Waals surface area (Å²) < 4.78 is 60.6. The topological polar surface area (TPSA) is 66.4 Å². The highest BCUT2D eigenvalue weighted by Crippen LogP contribution is 2.41. The molecule has 1 saturated carbocycles. The van der Waals surface area contributed by atoms with Gasteiger partial charge in [0.05, 0.1) is 22.7 Å². The molecule has 2 N–H and O–H groups in total. The van der Waals surface area contributed by atoms with Crippen LogP contribution in [0.2, 0.25) is 0 Å². The number of hydrogen-bond donors (Lipinski definition) is 2. The van der Waals surface area contributed by atoms with Gasteiger partial charge < -0.3 is 10.4 Å². The van der Waals surface area contributed by atoms with Gasteiger partial charge in [0.15, 0.2) is 0 Å². The van der Waals surface area contributed by atoms with Crippen LogP contribution >= 0.6 is 0 Å². The van der Waals surface area contributed by atoms with Crippen LogP contribution < -0.4 is 5.32 Å². The monoisotopic (exact) mass is 295 g/mol. The molecule has 0 amide bonds. The summed E-state index contributed by atoms with van der Waals surface area (Å²) in [5.74, 6) is 0. The number of benzene rings is 1. The van der Waals surface area contributed by atoms with Crippen LogP contribution in [-0.4, -0.2) is 31.2 Å². The Morgan fingerprint density at radius 3 is 2.32 bits per heavy atom. The highest BCUT2D eigenvalue weighted by atomic mass is 32.2. The Balaban J connectivity index is 2.43. The molecule has 0 aliphatic heterocycles. The van der Waals surface area contributed by atoms with Gasteiger partial charge in [-0.25, -0.2) is 8.42 Å². The van der Waals surface area contributed by atoms with Crippen LogP contribution in [0.3, 0.4) is 0 Å². The lowest BCUT2D eigenvalue weighted by molar-refractivity contribution is -0.0435. The second-order valence-electron chi connectivity index (χ2n) is 4.51. The first kappa shape index (κ1) is 14.1. The summed E-state index contributed by atoms with van der Waals surface area (Å²) in [4.78, 5) is -0.817. The average molecular weight is 295 g/mol. The molecular weight excluding hydrogens is 283 g/mol. The maximum absolute atomic E-state index is 12.6. The summed E-state index contributed by atoms with van der Waals surface area (Å²) in [5, 5.41) is 11.8. The SMILES string of the molecule is O=S(=O)(c1ccccc1NC1(CO)CC1)C(F)(F)F. The van der Waals surface area contributed by atoms with Crippen molar-refractivity contribution < 1.29 is 26.7 Å². The van der Waals surface area contributed by atoms with E-state index < -0.39 is 25.8 Å². The van der Waals surface area contributed by atoms with Crippen molar-refractivity contribution in [2.24, 2.45) is 0 Å². The van der Waals surface area contributed by atoms with Crippen molar-refractivity contribution in [2.45, 2.75) is 28.8 Å². The minimum absolute atomic E-state index is 0.133. The van der Waals surface area contributed by atoms with Crippen LogP contribution in [0.5, 0.6) is 0 Å². The summed E-state index contributed by atoms with van der Waals surface area (Å²) in [5.41, 5.74) is -6.18. The van der Waals surface area contributed by atoms with Crippen molar-refractivity contribution in [2.75, 3.05) is 11.9 Å². The molecule has 2 rings (SSSR count). The summed E-state index contributed by atoms with van der Waals surface area (Å²) in [6, 6.07) is 4.82. The smallest absolute Gasteiger partial charge is 0.394 e. The van der Waals surface area contributed by atoms with Crippen LogP contribution in [0, 0.1) is 0 Å². The molecule has 19 heavy (non-hydrogen) atoms. The number of sulfone groups is 1. The highest BCUT2D eigenvalue weighted by Gasteiger charge is 2.49.